The molecule has 0 amide bonds. The van der Waals surface area contributed by atoms with Crippen molar-refractivity contribution < 1.29 is 4.74 Å². The third-order valence-electron chi connectivity index (χ3n) is 3.33. The summed E-state index contributed by atoms with van der Waals surface area (Å²) in [7, 11) is 0. The van der Waals surface area contributed by atoms with Crippen LogP contribution in [0.1, 0.15) is 25.0 Å². The lowest BCUT2D eigenvalue weighted by Gasteiger charge is -2.37. The maximum Gasteiger partial charge on any atom is 0.0726 e. The SMILES string of the molecule is Cc1cc(N2CC(C)OC(C)C2)ccc1CN. The van der Waals surface area contributed by atoms with E-state index in [2.05, 4.69) is 43.9 Å². The molecule has 0 radical (unpaired) electrons. The topological polar surface area (TPSA) is 38.5 Å². The van der Waals surface area contributed by atoms with Crippen LogP contribution in [0.25, 0.3) is 0 Å². The quantitative estimate of drug-likeness (QED) is 0.851. The van der Waals surface area contributed by atoms with E-state index in [0.29, 0.717) is 18.8 Å². The summed E-state index contributed by atoms with van der Waals surface area (Å²) >= 11 is 0. The molecule has 1 saturated heterocycles. The van der Waals surface area contributed by atoms with Gasteiger partial charge in [0.15, 0.2) is 0 Å². The Bertz CT molecular complexity index is 382. The van der Waals surface area contributed by atoms with E-state index in [9.17, 15) is 0 Å². The predicted octanol–water partition coefficient (Wildman–Crippen LogP) is 2.07. The van der Waals surface area contributed by atoms with Gasteiger partial charge in [-0.05, 0) is 44.0 Å². The Morgan fingerprint density at radius 1 is 1.29 bits per heavy atom. The van der Waals surface area contributed by atoms with Crippen LogP contribution in [0.5, 0.6) is 0 Å². The Kier molecular flexibility index (Phi) is 3.69. The summed E-state index contributed by atoms with van der Waals surface area (Å²) in [5, 5.41) is 0. The molecule has 0 aliphatic carbocycles. The van der Waals surface area contributed by atoms with E-state index in [4.69, 9.17) is 10.5 Å². The van der Waals surface area contributed by atoms with Gasteiger partial charge in [-0.25, -0.2) is 0 Å². The molecule has 0 aromatic heterocycles. The van der Waals surface area contributed by atoms with Crippen LogP contribution >= 0.6 is 0 Å². The second-order valence-electron chi connectivity index (χ2n) is 4.98. The van der Waals surface area contributed by atoms with Crippen LogP contribution < -0.4 is 10.6 Å². The highest BCUT2D eigenvalue weighted by Crippen LogP contribution is 2.23. The van der Waals surface area contributed by atoms with Crippen molar-refractivity contribution in [3.63, 3.8) is 0 Å². The van der Waals surface area contributed by atoms with Gasteiger partial charge in [-0.15, -0.1) is 0 Å². The lowest BCUT2D eigenvalue weighted by Crippen LogP contribution is -2.45. The fourth-order valence-electron chi connectivity index (χ4n) is 2.49. The number of rotatable bonds is 2. The molecule has 0 saturated carbocycles. The lowest BCUT2D eigenvalue weighted by molar-refractivity contribution is -0.00522. The summed E-state index contributed by atoms with van der Waals surface area (Å²) in [5.74, 6) is 0. The van der Waals surface area contributed by atoms with Crippen molar-refractivity contribution >= 4 is 5.69 Å². The number of morpholine rings is 1. The van der Waals surface area contributed by atoms with E-state index in [1.165, 1.54) is 16.8 Å². The van der Waals surface area contributed by atoms with Crippen LogP contribution in [-0.4, -0.2) is 25.3 Å². The molecule has 3 nitrogen and oxygen atoms in total. The van der Waals surface area contributed by atoms with Crippen molar-refractivity contribution in [2.75, 3.05) is 18.0 Å². The summed E-state index contributed by atoms with van der Waals surface area (Å²) in [5.41, 5.74) is 9.47. The highest BCUT2D eigenvalue weighted by molar-refractivity contribution is 5.51. The first-order valence-electron chi connectivity index (χ1n) is 6.30. The van der Waals surface area contributed by atoms with Crippen molar-refractivity contribution in [1.29, 1.82) is 0 Å². The van der Waals surface area contributed by atoms with Crippen LogP contribution in [0.15, 0.2) is 18.2 Å². The molecule has 1 aliphatic rings. The van der Waals surface area contributed by atoms with Crippen LogP contribution in [-0.2, 0) is 11.3 Å². The zero-order valence-corrected chi connectivity index (χ0v) is 10.9. The van der Waals surface area contributed by atoms with E-state index < -0.39 is 0 Å². The van der Waals surface area contributed by atoms with Gasteiger partial charge < -0.3 is 15.4 Å². The fraction of sp³-hybridized carbons (Fsp3) is 0.571. The van der Waals surface area contributed by atoms with Gasteiger partial charge in [0.05, 0.1) is 12.2 Å². The van der Waals surface area contributed by atoms with Crippen LogP contribution in [0.4, 0.5) is 5.69 Å². The number of hydrogen-bond acceptors (Lipinski definition) is 3. The monoisotopic (exact) mass is 234 g/mol. The zero-order chi connectivity index (χ0) is 12.4. The van der Waals surface area contributed by atoms with Crippen molar-refractivity contribution in [3.05, 3.63) is 29.3 Å². The van der Waals surface area contributed by atoms with Gasteiger partial charge in [0, 0.05) is 25.3 Å². The second-order valence-corrected chi connectivity index (χ2v) is 4.98. The number of hydrogen-bond donors (Lipinski definition) is 1. The Hall–Kier alpha value is -1.06. The Morgan fingerprint density at radius 2 is 1.94 bits per heavy atom. The van der Waals surface area contributed by atoms with Crippen molar-refractivity contribution in [2.45, 2.75) is 39.5 Å². The van der Waals surface area contributed by atoms with E-state index in [1.807, 2.05) is 0 Å². The largest absolute Gasteiger partial charge is 0.372 e. The van der Waals surface area contributed by atoms with Gasteiger partial charge in [-0.3, -0.25) is 0 Å². The molecule has 0 bridgehead atoms. The first-order valence-corrected chi connectivity index (χ1v) is 6.30. The molecular weight excluding hydrogens is 212 g/mol. The number of nitrogens with two attached hydrogens (primary N) is 1. The minimum atomic E-state index is 0.299. The molecule has 94 valence electrons. The summed E-state index contributed by atoms with van der Waals surface area (Å²) in [6.07, 6.45) is 0.599. The standard InChI is InChI=1S/C14H22N2O/c1-10-6-14(5-4-13(10)7-15)16-8-11(2)17-12(3)9-16/h4-6,11-12H,7-9,15H2,1-3H3. The smallest absolute Gasteiger partial charge is 0.0726 e. The second kappa shape index (κ2) is 5.07. The number of benzene rings is 1. The number of aryl methyl sites for hydroxylation is 1. The molecule has 1 fully saturated rings. The predicted molar refractivity (Wildman–Crippen MR) is 71.3 cm³/mol. The first kappa shape index (κ1) is 12.4. The average molecular weight is 234 g/mol. The Balaban J connectivity index is 2.19. The molecule has 2 atom stereocenters. The number of nitrogens with zero attached hydrogens (tertiary/aromatic N) is 1. The summed E-state index contributed by atoms with van der Waals surface area (Å²) < 4.78 is 5.75. The highest BCUT2D eigenvalue weighted by atomic mass is 16.5. The zero-order valence-electron chi connectivity index (χ0n) is 10.9. The third kappa shape index (κ3) is 2.79. The number of ether oxygens (including phenoxy) is 1. The molecule has 2 N–H and O–H groups in total. The van der Waals surface area contributed by atoms with E-state index in [-0.39, 0.29) is 0 Å². The van der Waals surface area contributed by atoms with Crippen molar-refractivity contribution in [3.8, 4) is 0 Å². The van der Waals surface area contributed by atoms with Gasteiger partial charge in [-0.1, -0.05) is 6.07 Å². The molecule has 1 aliphatic heterocycles. The molecule has 1 aromatic rings. The summed E-state index contributed by atoms with van der Waals surface area (Å²) in [4.78, 5) is 2.39. The summed E-state index contributed by atoms with van der Waals surface area (Å²) in [6.45, 7) is 8.92. The molecule has 2 rings (SSSR count). The van der Waals surface area contributed by atoms with Crippen molar-refractivity contribution in [2.24, 2.45) is 5.73 Å². The van der Waals surface area contributed by atoms with E-state index in [0.717, 1.165) is 13.1 Å². The molecular formula is C14H22N2O. The van der Waals surface area contributed by atoms with E-state index in [1.54, 1.807) is 0 Å². The van der Waals surface area contributed by atoms with Crippen molar-refractivity contribution in [1.82, 2.24) is 0 Å². The maximum atomic E-state index is 5.75. The molecule has 1 aromatic carbocycles. The minimum absolute atomic E-state index is 0.299. The van der Waals surface area contributed by atoms with Crippen LogP contribution in [0, 0.1) is 6.92 Å². The lowest BCUT2D eigenvalue weighted by atomic mass is 10.1. The molecule has 2 unspecified atom stereocenters. The minimum Gasteiger partial charge on any atom is -0.372 e. The van der Waals surface area contributed by atoms with E-state index >= 15 is 0 Å². The molecule has 17 heavy (non-hydrogen) atoms. The Morgan fingerprint density at radius 3 is 2.47 bits per heavy atom. The van der Waals surface area contributed by atoms with Crippen LogP contribution in [0.2, 0.25) is 0 Å². The third-order valence-corrected chi connectivity index (χ3v) is 3.33. The fourth-order valence-corrected chi connectivity index (χ4v) is 2.49. The van der Waals surface area contributed by atoms with Crippen LogP contribution in [0.3, 0.4) is 0 Å². The first-order chi connectivity index (χ1) is 8.10. The van der Waals surface area contributed by atoms with Gasteiger partial charge >= 0.3 is 0 Å². The summed E-state index contributed by atoms with van der Waals surface area (Å²) in [6, 6.07) is 6.53. The normalized spacial score (nSPS) is 25.1. The Labute approximate surface area is 104 Å². The van der Waals surface area contributed by atoms with Gasteiger partial charge in [0.25, 0.3) is 0 Å². The average Bonchev–Trinajstić information content (AvgIpc) is 2.27. The molecule has 1 heterocycles. The molecule has 3 heteroatoms. The molecule has 0 spiro atoms. The van der Waals surface area contributed by atoms with Gasteiger partial charge in [-0.2, -0.15) is 0 Å². The van der Waals surface area contributed by atoms with Gasteiger partial charge in [0.1, 0.15) is 0 Å². The maximum absolute atomic E-state index is 5.75. The highest BCUT2D eigenvalue weighted by Gasteiger charge is 2.22. The number of anilines is 1. The van der Waals surface area contributed by atoms with Gasteiger partial charge in [0.2, 0.25) is 0 Å².